The molecular formula is C52H35NO. The van der Waals surface area contributed by atoms with Crippen molar-refractivity contribution >= 4 is 49.6 Å². The van der Waals surface area contributed by atoms with Crippen molar-refractivity contribution in [3.8, 4) is 44.7 Å². The summed E-state index contributed by atoms with van der Waals surface area (Å²) in [6, 6.07) is 75.8. The molecule has 0 aliphatic rings. The molecule has 0 N–H and O–H groups in total. The summed E-state index contributed by atoms with van der Waals surface area (Å²) in [5.74, 6) is 0.869. The van der Waals surface area contributed by atoms with Crippen LogP contribution in [-0.2, 0) is 0 Å². The van der Waals surface area contributed by atoms with Gasteiger partial charge in [-0.25, -0.2) is 0 Å². The molecule has 2 nitrogen and oxygen atoms in total. The molecule has 0 aliphatic carbocycles. The molecule has 2 heteroatoms. The second kappa shape index (κ2) is 13.4. The average molecular weight is 690 g/mol. The van der Waals surface area contributed by atoms with Gasteiger partial charge in [0.15, 0.2) is 0 Å². The largest absolute Gasteiger partial charge is 0.456 e. The first-order valence-electron chi connectivity index (χ1n) is 18.4. The number of hydrogen-bond donors (Lipinski definition) is 0. The van der Waals surface area contributed by atoms with Gasteiger partial charge in [0.1, 0.15) is 11.3 Å². The van der Waals surface area contributed by atoms with E-state index in [-0.39, 0.29) is 0 Å². The standard InChI is InChI=1S/C52H35NO/c1-2-14-36(15-3-1)45-20-11-12-24-50(45)53(42-32-28-38(29-33-42)49-34-39-16-4-6-19-44(39)46-21-8-9-22-47(46)49)41-30-26-37(27-31-41)43-18-7-10-23-48(43)52-35-40-17-5-13-25-51(40)54-52/h1-35H. The van der Waals surface area contributed by atoms with Crippen LogP contribution in [0.25, 0.3) is 77.2 Å². The Balaban J connectivity index is 1.09. The van der Waals surface area contributed by atoms with E-state index in [1.165, 1.54) is 43.8 Å². The molecule has 0 saturated carbocycles. The molecule has 0 bridgehead atoms. The van der Waals surface area contributed by atoms with Crippen LogP contribution < -0.4 is 4.90 Å². The molecule has 10 rings (SSSR count). The van der Waals surface area contributed by atoms with Crippen LogP contribution >= 0.6 is 0 Å². The number of nitrogens with zero attached hydrogens (tertiary/aromatic N) is 1. The van der Waals surface area contributed by atoms with Gasteiger partial charge in [-0.15, -0.1) is 0 Å². The van der Waals surface area contributed by atoms with E-state index in [4.69, 9.17) is 4.42 Å². The smallest absolute Gasteiger partial charge is 0.136 e. The van der Waals surface area contributed by atoms with Gasteiger partial charge in [-0.2, -0.15) is 0 Å². The van der Waals surface area contributed by atoms with E-state index in [0.29, 0.717) is 0 Å². The lowest BCUT2D eigenvalue weighted by Crippen LogP contribution is -2.11. The topological polar surface area (TPSA) is 16.4 Å². The van der Waals surface area contributed by atoms with Crippen LogP contribution in [0, 0.1) is 0 Å². The molecule has 1 aromatic heterocycles. The molecule has 0 unspecified atom stereocenters. The van der Waals surface area contributed by atoms with Gasteiger partial charge in [-0.3, -0.25) is 0 Å². The molecule has 0 aliphatic heterocycles. The molecule has 254 valence electrons. The Morgan fingerprint density at radius 2 is 0.833 bits per heavy atom. The minimum absolute atomic E-state index is 0.869. The van der Waals surface area contributed by atoms with Crippen molar-refractivity contribution in [3.63, 3.8) is 0 Å². The van der Waals surface area contributed by atoms with Crippen LogP contribution in [-0.4, -0.2) is 0 Å². The predicted octanol–water partition coefficient (Wildman–Crippen LogP) is 14.9. The highest BCUT2D eigenvalue weighted by Gasteiger charge is 2.19. The third kappa shape index (κ3) is 5.62. The van der Waals surface area contributed by atoms with Crippen LogP contribution in [0.1, 0.15) is 0 Å². The number of para-hydroxylation sites is 2. The fourth-order valence-electron chi connectivity index (χ4n) is 7.90. The van der Waals surface area contributed by atoms with Crippen molar-refractivity contribution in [1.82, 2.24) is 0 Å². The highest BCUT2D eigenvalue weighted by molar-refractivity contribution is 6.13. The van der Waals surface area contributed by atoms with E-state index in [9.17, 15) is 0 Å². The van der Waals surface area contributed by atoms with E-state index in [2.05, 4.69) is 199 Å². The van der Waals surface area contributed by atoms with Gasteiger partial charge in [0.05, 0.1) is 5.69 Å². The Morgan fingerprint density at radius 1 is 0.315 bits per heavy atom. The van der Waals surface area contributed by atoms with E-state index in [0.717, 1.165) is 50.5 Å². The Bertz CT molecular complexity index is 2890. The summed E-state index contributed by atoms with van der Waals surface area (Å²) in [6.07, 6.45) is 0. The van der Waals surface area contributed by atoms with Gasteiger partial charge in [0.2, 0.25) is 0 Å². The maximum absolute atomic E-state index is 6.33. The van der Waals surface area contributed by atoms with Crippen molar-refractivity contribution < 1.29 is 4.42 Å². The van der Waals surface area contributed by atoms with Crippen molar-refractivity contribution in [2.24, 2.45) is 0 Å². The summed E-state index contributed by atoms with van der Waals surface area (Å²) in [7, 11) is 0. The molecule has 54 heavy (non-hydrogen) atoms. The fourth-order valence-corrected chi connectivity index (χ4v) is 7.90. The highest BCUT2D eigenvalue weighted by atomic mass is 16.3. The zero-order valence-electron chi connectivity index (χ0n) is 29.6. The van der Waals surface area contributed by atoms with Gasteiger partial charge in [-0.05, 0) is 97.9 Å². The van der Waals surface area contributed by atoms with Crippen LogP contribution in [0.2, 0.25) is 0 Å². The van der Waals surface area contributed by atoms with Gasteiger partial charge in [-0.1, -0.05) is 164 Å². The zero-order valence-corrected chi connectivity index (χ0v) is 29.6. The Hall–Kier alpha value is -7.16. The Kier molecular flexibility index (Phi) is 7.85. The number of benzene rings is 9. The Morgan fingerprint density at radius 3 is 1.56 bits per heavy atom. The normalized spacial score (nSPS) is 11.3. The zero-order chi connectivity index (χ0) is 35.8. The minimum Gasteiger partial charge on any atom is -0.456 e. The van der Waals surface area contributed by atoms with Gasteiger partial charge >= 0.3 is 0 Å². The number of furan rings is 1. The van der Waals surface area contributed by atoms with E-state index < -0.39 is 0 Å². The van der Waals surface area contributed by atoms with Crippen molar-refractivity contribution in [3.05, 3.63) is 212 Å². The number of fused-ring (bicyclic) bond motifs is 4. The van der Waals surface area contributed by atoms with Crippen molar-refractivity contribution in [2.75, 3.05) is 4.90 Å². The second-order valence-electron chi connectivity index (χ2n) is 13.7. The SMILES string of the molecule is c1ccc(-c2ccccc2N(c2ccc(-c3ccccc3-c3cc4ccccc4o3)cc2)c2ccc(-c3cc4ccccc4c4ccccc34)cc2)cc1. The van der Waals surface area contributed by atoms with E-state index in [1.807, 2.05) is 18.2 Å². The lowest BCUT2D eigenvalue weighted by Gasteiger charge is -2.28. The summed E-state index contributed by atoms with van der Waals surface area (Å²) in [5, 5.41) is 6.16. The molecule has 0 spiro atoms. The summed E-state index contributed by atoms with van der Waals surface area (Å²) in [6.45, 7) is 0. The molecule has 10 aromatic rings. The molecule has 1 heterocycles. The monoisotopic (exact) mass is 689 g/mol. The summed E-state index contributed by atoms with van der Waals surface area (Å²) < 4.78 is 6.33. The maximum atomic E-state index is 6.33. The molecule has 0 atom stereocenters. The molecular weight excluding hydrogens is 655 g/mol. The van der Waals surface area contributed by atoms with Crippen molar-refractivity contribution in [2.45, 2.75) is 0 Å². The van der Waals surface area contributed by atoms with Crippen LogP contribution in [0.4, 0.5) is 17.1 Å². The van der Waals surface area contributed by atoms with E-state index >= 15 is 0 Å². The van der Waals surface area contributed by atoms with Crippen LogP contribution in [0.15, 0.2) is 217 Å². The van der Waals surface area contributed by atoms with Crippen LogP contribution in [0.5, 0.6) is 0 Å². The first-order valence-corrected chi connectivity index (χ1v) is 18.4. The summed E-state index contributed by atoms with van der Waals surface area (Å²) >= 11 is 0. The van der Waals surface area contributed by atoms with Gasteiger partial charge in [0.25, 0.3) is 0 Å². The molecule has 0 amide bonds. The maximum Gasteiger partial charge on any atom is 0.136 e. The lowest BCUT2D eigenvalue weighted by molar-refractivity contribution is 0.632. The first-order chi connectivity index (χ1) is 26.8. The summed E-state index contributed by atoms with van der Waals surface area (Å²) in [5.41, 5.74) is 12.3. The fraction of sp³-hybridized carbons (Fsp3) is 0. The molecule has 9 aromatic carbocycles. The highest BCUT2D eigenvalue weighted by Crippen LogP contribution is 2.43. The number of anilines is 3. The quantitative estimate of drug-likeness (QED) is 0.155. The van der Waals surface area contributed by atoms with Crippen LogP contribution in [0.3, 0.4) is 0 Å². The lowest BCUT2D eigenvalue weighted by atomic mass is 9.93. The van der Waals surface area contributed by atoms with Gasteiger partial charge in [0, 0.05) is 27.9 Å². The number of hydrogen-bond acceptors (Lipinski definition) is 2. The second-order valence-corrected chi connectivity index (χ2v) is 13.7. The molecule has 0 saturated heterocycles. The minimum atomic E-state index is 0.869. The number of rotatable bonds is 7. The molecule has 0 fully saturated rings. The third-order valence-corrected chi connectivity index (χ3v) is 10.5. The first kappa shape index (κ1) is 31.6. The Labute approximate surface area is 314 Å². The predicted molar refractivity (Wildman–Crippen MR) is 228 cm³/mol. The third-order valence-electron chi connectivity index (χ3n) is 10.5. The summed E-state index contributed by atoms with van der Waals surface area (Å²) in [4.78, 5) is 2.37. The van der Waals surface area contributed by atoms with Gasteiger partial charge < -0.3 is 9.32 Å². The van der Waals surface area contributed by atoms with E-state index in [1.54, 1.807) is 0 Å². The van der Waals surface area contributed by atoms with Crippen molar-refractivity contribution in [1.29, 1.82) is 0 Å². The molecule has 0 radical (unpaired) electrons. The average Bonchev–Trinajstić information content (AvgIpc) is 3.69.